The average molecular weight is 334 g/mol. The first-order valence-corrected chi connectivity index (χ1v) is 7.43. The van der Waals surface area contributed by atoms with Crippen LogP contribution in [-0.4, -0.2) is 60.0 Å². The molecule has 1 aliphatic heterocycles. The molecule has 1 atom stereocenters. The van der Waals surface area contributed by atoms with Crippen LogP contribution < -0.4 is 5.32 Å². The van der Waals surface area contributed by atoms with Gasteiger partial charge in [-0.1, -0.05) is 12.1 Å². The second-order valence-corrected chi connectivity index (χ2v) is 5.24. The molecule has 0 saturated carbocycles. The van der Waals surface area contributed by atoms with Gasteiger partial charge in [0.1, 0.15) is 0 Å². The summed E-state index contributed by atoms with van der Waals surface area (Å²) in [5.41, 5.74) is 0.718. The van der Waals surface area contributed by atoms with E-state index in [4.69, 9.17) is 5.11 Å². The van der Waals surface area contributed by atoms with Crippen molar-refractivity contribution in [3.8, 4) is 0 Å². The number of fused-ring (bicyclic) bond motifs is 1. The highest BCUT2D eigenvalue weighted by molar-refractivity contribution is 6.21. The van der Waals surface area contributed by atoms with Gasteiger partial charge >= 0.3 is 5.97 Å². The summed E-state index contributed by atoms with van der Waals surface area (Å²) < 4.78 is 4.44. The number of carbonyl (C=O) groups is 4. The number of nitrogens with one attached hydrogen (secondary N) is 1. The van der Waals surface area contributed by atoms with Crippen LogP contribution in [0.2, 0.25) is 0 Å². The second-order valence-electron chi connectivity index (χ2n) is 5.24. The van der Waals surface area contributed by atoms with E-state index in [0.29, 0.717) is 11.1 Å². The average Bonchev–Trinajstić information content (AvgIpc) is 2.84. The van der Waals surface area contributed by atoms with Crippen molar-refractivity contribution < 1.29 is 29.0 Å². The third kappa shape index (κ3) is 3.60. The van der Waals surface area contributed by atoms with Gasteiger partial charge in [-0.3, -0.25) is 19.3 Å². The molecule has 8 heteroatoms. The zero-order valence-electron chi connectivity index (χ0n) is 13.2. The van der Waals surface area contributed by atoms with E-state index in [1.54, 1.807) is 24.3 Å². The van der Waals surface area contributed by atoms with Gasteiger partial charge in [-0.2, -0.15) is 0 Å². The van der Waals surface area contributed by atoms with Crippen LogP contribution in [0.4, 0.5) is 0 Å². The first kappa shape index (κ1) is 17.6. The molecule has 8 nitrogen and oxygen atoms in total. The molecule has 0 bridgehead atoms. The number of hydrogen-bond donors (Lipinski definition) is 2. The number of methoxy groups -OCH3 is 1. The molecule has 1 heterocycles. The number of aliphatic hydroxyl groups is 1. The van der Waals surface area contributed by atoms with Crippen molar-refractivity contribution in [3.05, 3.63) is 35.4 Å². The van der Waals surface area contributed by atoms with E-state index in [-0.39, 0.29) is 31.2 Å². The number of hydrogen-bond acceptors (Lipinski definition) is 6. The van der Waals surface area contributed by atoms with Crippen LogP contribution in [0.5, 0.6) is 0 Å². The fraction of sp³-hybridized carbons (Fsp3) is 0.375. The Balaban J connectivity index is 1.85. The van der Waals surface area contributed by atoms with Gasteiger partial charge in [0.2, 0.25) is 5.91 Å². The number of ether oxygens (including phenoxy) is 1. The summed E-state index contributed by atoms with van der Waals surface area (Å²) in [6, 6.07) is 5.42. The lowest BCUT2D eigenvalue weighted by Gasteiger charge is -2.15. The summed E-state index contributed by atoms with van der Waals surface area (Å²) in [4.78, 5) is 48.4. The van der Waals surface area contributed by atoms with Crippen LogP contribution in [0, 0.1) is 0 Å². The molecule has 1 aromatic rings. The van der Waals surface area contributed by atoms with Crippen LogP contribution in [0.3, 0.4) is 0 Å². The van der Waals surface area contributed by atoms with Crippen LogP contribution in [0.15, 0.2) is 24.3 Å². The highest BCUT2D eigenvalue weighted by atomic mass is 16.5. The minimum absolute atomic E-state index is 0.000892. The van der Waals surface area contributed by atoms with E-state index in [2.05, 4.69) is 10.1 Å². The molecule has 24 heavy (non-hydrogen) atoms. The molecule has 128 valence electrons. The fourth-order valence-corrected chi connectivity index (χ4v) is 2.43. The zero-order chi connectivity index (χ0) is 17.7. The predicted molar refractivity (Wildman–Crippen MR) is 82.1 cm³/mol. The van der Waals surface area contributed by atoms with Gasteiger partial charge in [-0.25, -0.2) is 4.79 Å². The fourth-order valence-electron chi connectivity index (χ4n) is 2.43. The van der Waals surface area contributed by atoms with Gasteiger partial charge in [0.25, 0.3) is 11.8 Å². The largest absolute Gasteiger partial charge is 0.467 e. The monoisotopic (exact) mass is 334 g/mol. The predicted octanol–water partition coefficient (Wildman–Crippen LogP) is -0.287. The standard InChI is InChI=1S/C16H18N2O6/c1-24-16(23)12(9-19)17-13(20)7-4-8-18-14(21)10-5-2-3-6-11(10)15(18)22/h2-3,5-6,12,19H,4,7-9H2,1H3,(H,17,20). The van der Waals surface area contributed by atoms with Crippen molar-refractivity contribution in [2.45, 2.75) is 18.9 Å². The number of carbonyl (C=O) groups excluding carboxylic acids is 4. The Hall–Kier alpha value is -2.74. The minimum atomic E-state index is -1.12. The number of amides is 3. The molecular weight excluding hydrogens is 316 g/mol. The van der Waals surface area contributed by atoms with E-state index in [1.165, 1.54) is 0 Å². The maximum Gasteiger partial charge on any atom is 0.330 e. The Labute approximate surface area is 138 Å². The van der Waals surface area contributed by atoms with Crippen molar-refractivity contribution in [1.29, 1.82) is 0 Å². The van der Waals surface area contributed by atoms with Gasteiger partial charge in [0.05, 0.1) is 24.8 Å². The molecule has 3 amide bonds. The summed E-state index contributed by atoms with van der Waals surface area (Å²) in [6.07, 6.45) is 0.248. The summed E-state index contributed by atoms with van der Waals surface area (Å²) >= 11 is 0. The van der Waals surface area contributed by atoms with E-state index < -0.39 is 24.5 Å². The molecule has 0 aliphatic carbocycles. The molecule has 0 radical (unpaired) electrons. The van der Waals surface area contributed by atoms with E-state index in [1.807, 2.05) is 0 Å². The summed E-state index contributed by atoms with van der Waals surface area (Å²) in [5.74, 6) is -1.97. The molecule has 2 rings (SSSR count). The lowest BCUT2D eigenvalue weighted by molar-refractivity contribution is -0.146. The van der Waals surface area contributed by atoms with E-state index in [9.17, 15) is 19.2 Å². The lowest BCUT2D eigenvalue weighted by Crippen LogP contribution is -2.44. The summed E-state index contributed by atoms with van der Waals surface area (Å²) in [5, 5.41) is 11.4. The highest BCUT2D eigenvalue weighted by Crippen LogP contribution is 2.22. The normalized spacial score (nSPS) is 14.3. The molecule has 2 N–H and O–H groups in total. The topological polar surface area (TPSA) is 113 Å². The first-order chi connectivity index (χ1) is 11.5. The van der Waals surface area contributed by atoms with E-state index >= 15 is 0 Å². The van der Waals surface area contributed by atoms with Crippen molar-refractivity contribution >= 4 is 23.7 Å². The van der Waals surface area contributed by atoms with Crippen molar-refractivity contribution in [2.24, 2.45) is 0 Å². The van der Waals surface area contributed by atoms with Crippen molar-refractivity contribution in [3.63, 3.8) is 0 Å². The maximum atomic E-state index is 12.1. The number of aliphatic hydroxyl groups excluding tert-OH is 1. The number of rotatable bonds is 7. The van der Waals surface area contributed by atoms with Crippen molar-refractivity contribution in [2.75, 3.05) is 20.3 Å². The molecule has 0 spiro atoms. The second kappa shape index (κ2) is 7.69. The Kier molecular flexibility index (Phi) is 5.64. The molecule has 1 unspecified atom stereocenters. The Bertz CT molecular complexity index is 637. The Morgan fingerprint density at radius 2 is 1.79 bits per heavy atom. The number of nitrogens with zero attached hydrogens (tertiary/aromatic N) is 1. The summed E-state index contributed by atoms with van der Waals surface area (Å²) in [6.45, 7) is -0.474. The van der Waals surface area contributed by atoms with E-state index in [0.717, 1.165) is 12.0 Å². The number of imide groups is 1. The molecule has 1 aliphatic rings. The van der Waals surface area contributed by atoms with Gasteiger partial charge in [0, 0.05) is 13.0 Å². The van der Waals surface area contributed by atoms with Crippen LogP contribution in [0.25, 0.3) is 0 Å². The van der Waals surface area contributed by atoms with Gasteiger partial charge in [-0.05, 0) is 18.6 Å². The summed E-state index contributed by atoms with van der Waals surface area (Å²) in [7, 11) is 1.15. The highest BCUT2D eigenvalue weighted by Gasteiger charge is 2.34. The first-order valence-electron chi connectivity index (χ1n) is 7.43. The molecule has 1 aromatic carbocycles. The molecule has 0 saturated heterocycles. The number of benzene rings is 1. The Morgan fingerprint density at radius 1 is 1.21 bits per heavy atom. The van der Waals surface area contributed by atoms with Crippen molar-refractivity contribution in [1.82, 2.24) is 10.2 Å². The van der Waals surface area contributed by atoms with Crippen LogP contribution >= 0.6 is 0 Å². The Morgan fingerprint density at radius 3 is 2.29 bits per heavy atom. The molecular formula is C16H18N2O6. The zero-order valence-corrected chi connectivity index (χ0v) is 13.2. The van der Waals surface area contributed by atoms with Crippen LogP contribution in [-0.2, 0) is 14.3 Å². The smallest absolute Gasteiger partial charge is 0.330 e. The molecule has 0 fully saturated rings. The van der Waals surface area contributed by atoms with Gasteiger partial charge < -0.3 is 15.2 Å². The molecule has 0 aromatic heterocycles. The minimum Gasteiger partial charge on any atom is -0.467 e. The third-order valence-electron chi connectivity index (χ3n) is 3.67. The van der Waals surface area contributed by atoms with Gasteiger partial charge in [-0.15, -0.1) is 0 Å². The SMILES string of the molecule is COC(=O)C(CO)NC(=O)CCCN1C(=O)c2ccccc2C1=O. The lowest BCUT2D eigenvalue weighted by atomic mass is 10.1. The third-order valence-corrected chi connectivity index (χ3v) is 3.67. The maximum absolute atomic E-state index is 12.1. The number of esters is 1. The quantitative estimate of drug-likeness (QED) is 0.523. The van der Waals surface area contributed by atoms with Crippen LogP contribution in [0.1, 0.15) is 33.6 Å². The van der Waals surface area contributed by atoms with Gasteiger partial charge in [0.15, 0.2) is 6.04 Å².